The van der Waals surface area contributed by atoms with Gasteiger partial charge in [-0.25, -0.2) is 4.79 Å². The molecule has 0 radical (unpaired) electrons. The van der Waals surface area contributed by atoms with Crippen LogP contribution >= 0.6 is 0 Å². The normalized spacial score (nSPS) is 11.9. The van der Waals surface area contributed by atoms with Gasteiger partial charge in [-0.2, -0.15) is 0 Å². The molecule has 0 bridgehead atoms. The number of esters is 1. The Morgan fingerprint density at radius 3 is 2.44 bits per heavy atom. The maximum Gasteiger partial charge on any atom is 0.331 e. The maximum absolute atomic E-state index is 13.0. The Morgan fingerprint density at radius 2 is 1.66 bits per heavy atom. The van der Waals surface area contributed by atoms with Gasteiger partial charge in [0.15, 0.2) is 0 Å². The molecule has 0 spiro atoms. The summed E-state index contributed by atoms with van der Waals surface area (Å²) in [7, 11) is 0. The summed E-state index contributed by atoms with van der Waals surface area (Å²) >= 11 is 0. The third kappa shape index (κ3) is 5.08. The topological polar surface area (TPSA) is 68.3 Å². The van der Waals surface area contributed by atoms with Gasteiger partial charge in [0.25, 0.3) is 5.91 Å². The van der Waals surface area contributed by atoms with Crippen LogP contribution in [0.15, 0.2) is 97.2 Å². The molecule has 32 heavy (non-hydrogen) atoms. The first-order valence-corrected chi connectivity index (χ1v) is 10.2. The molecule has 5 nitrogen and oxygen atoms in total. The Bertz CT molecular complexity index is 1260. The number of hydrogen-bond donors (Lipinski definition) is 1. The van der Waals surface area contributed by atoms with E-state index in [2.05, 4.69) is 10.3 Å². The lowest BCUT2D eigenvalue weighted by molar-refractivity contribution is -0.149. The quantitative estimate of drug-likeness (QED) is 0.330. The highest BCUT2D eigenvalue weighted by Crippen LogP contribution is 2.22. The molecule has 4 rings (SSSR count). The van der Waals surface area contributed by atoms with Gasteiger partial charge in [-0.15, -0.1) is 0 Å². The van der Waals surface area contributed by atoms with Crippen molar-refractivity contribution in [3.8, 4) is 0 Å². The average molecular weight is 422 g/mol. The van der Waals surface area contributed by atoms with Crippen molar-refractivity contribution in [2.24, 2.45) is 0 Å². The van der Waals surface area contributed by atoms with Crippen molar-refractivity contribution in [1.82, 2.24) is 4.98 Å². The number of carbonyl (C=O) groups is 2. The summed E-state index contributed by atoms with van der Waals surface area (Å²) in [6.07, 6.45) is 3.59. The molecule has 0 aliphatic carbocycles. The van der Waals surface area contributed by atoms with Crippen LogP contribution in [-0.4, -0.2) is 16.9 Å². The summed E-state index contributed by atoms with van der Waals surface area (Å²) in [6, 6.07) is 25.9. The molecule has 1 N–H and O–H groups in total. The van der Waals surface area contributed by atoms with E-state index in [4.69, 9.17) is 4.74 Å². The zero-order valence-electron chi connectivity index (χ0n) is 17.6. The van der Waals surface area contributed by atoms with Crippen molar-refractivity contribution in [2.45, 2.75) is 13.0 Å². The van der Waals surface area contributed by atoms with Crippen molar-refractivity contribution in [1.29, 1.82) is 0 Å². The number of benzene rings is 3. The molecule has 1 unspecified atom stereocenters. The van der Waals surface area contributed by atoms with Crippen molar-refractivity contribution < 1.29 is 14.3 Å². The van der Waals surface area contributed by atoms with E-state index in [1.54, 1.807) is 36.5 Å². The molecule has 1 atom stereocenters. The largest absolute Gasteiger partial charge is 0.444 e. The Kier molecular flexibility index (Phi) is 6.37. The monoisotopic (exact) mass is 422 g/mol. The Morgan fingerprint density at radius 1 is 0.906 bits per heavy atom. The van der Waals surface area contributed by atoms with E-state index in [0.717, 1.165) is 22.0 Å². The first-order chi connectivity index (χ1) is 15.6. The van der Waals surface area contributed by atoms with E-state index < -0.39 is 18.0 Å². The van der Waals surface area contributed by atoms with Gasteiger partial charge in [0.05, 0.1) is 5.52 Å². The lowest BCUT2D eigenvalue weighted by atomic mass is 10.1. The predicted molar refractivity (Wildman–Crippen MR) is 126 cm³/mol. The van der Waals surface area contributed by atoms with E-state index in [1.165, 1.54) is 6.08 Å². The summed E-state index contributed by atoms with van der Waals surface area (Å²) in [4.78, 5) is 30.0. The zero-order valence-corrected chi connectivity index (χ0v) is 17.6. The SMILES string of the molecule is Cc1ccc(NC(=O)C(OC(=O)/C=C/c2cccc3cccnc23)c2ccccc2)cc1. The molecule has 0 aliphatic heterocycles. The van der Waals surface area contributed by atoms with E-state index in [9.17, 15) is 9.59 Å². The van der Waals surface area contributed by atoms with E-state index in [1.807, 2.05) is 67.6 Å². The molecular weight excluding hydrogens is 400 g/mol. The van der Waals surface area contributed by atoms with E-state index in [-0.39, 0.29) is 0 Å². The number of anilines is 1. The highest BCUT2D eigenvalue weighted by atomic mass is 16.5. The summed E-state index contributed by atoms with van der Waals surface area (Å²) in [6.45, 7) is 1.97. The first-order valence-electron chi connectivity index (χ1n) is 10.2. The highest BCUT2D eigenvalue weighted by Gasteiger charge is 2.24. The highest BCUT2D eigenvalue weighted by molar-refractivity contribution is 5.98. The number of para-hydroxylation sites is 1. The molecule has 4 aromatic rings. The Labute approximate surface area is 186 Å². The fraction of sp³-hybridized carbons (Fsp3) is 0.0741. The molecular formula is C27H22N2O3. The van der Waals surface area contributed by atoms with Crippen LogP contribution in [0.4, 0.5) is 5.69 Å². The van der Waals surface area contributed by atoms with Crippen molar-refractivity contribution in [2.75, 3.05) is 5.32 Å². The van der Waals surface area contributed by atoms with E-state index >= 15 is 0 Å². The molecule has 1 amide bonds. The number of nitrogens with one attached hydrogen (secondary N) is 1. The summed E-state index contributed by atoms with van der Waals surface area (Å²) in [5.41, 5.74) is 3.89. The summed E-state index contributed by atoms with van der Waals surface area (Å²) < 4.78 is 5.57. The van der Waals surface area contributed by atoms with Gasteiger partial charge in [-0.3, -0.25) is 9.78 Å². The number of nitrogens with zero attached hydrogens (tertiary/aromatic N) is 1. The number of rotatable bonds is 6. The minimum absolute atomic E-state index is 0.423. The van der Waals surface area contributed by atoms with Crippen LogP contribution in [0.1, 0.15) is 22.8 Å². The first kappa shape index (κ1) is 21.0. The third-order valence-corrected chi connectivity index (χ3v) is 4.96. The predicted octanol–water partition coefficient (Wildman–Crippen LogP) is 5.48. The number of pyridine rings is 1. The Balaban J connectivity index is 1.54. The number of hydrogen-bond acceptors (Lipinski definition) is 4. The van der Waals surface area contributed by atoms with Gasteiger partial charge in [0, 0.05) is 34.5 Å². The van der Waals surface area contributed by atoms with Crippen molar-refractivity contribution >= 4 is 34.5 Å². The van der Waals surface area contributed by atoms with Crippen molar-refractivity contribution in [3.63, 3.8) is 0 Å². The van der Waals surface area contributed by atoms with Gasteiger partial charge in [-0.05, 0) is 31.2 Å². The van der Waals surface area contributed by atoms with Crippen LogP contribution in [0.25, 0.3) is 17.0 Å². The molecule has 1 heterocycles. The number of amides is 1. The lowest BCUT2D eigenvalue weighted by Crippen LogP contribution is -2.25. The zero-order chi connectivity index (χ0) is 22.3. The number of aromatic nitrogens is 1. The third-order valence-electron chi connectivity index (χ3n) is 4.96. The lowest BCUT2D eigenvalue weighted by Gasteiger charge is -2.17. The molecule has 3 aromatic carbocycles. The second kappa shape index (κ2) is 9.71. The van der Waals surface area contributed by atoms with Crippen LogP contribution in [-0.2, 0) is 14.3 Å². The minimum atomic E-state index is -1.08. The molecule has 0 fully saturated rings. The molecule has 1 aromatic heterocycles. The fourth-order valence-electron chi connectivity index (χ4n) is 3.32. The Hall–Kier alpha value is -4.25. The molecule has 5 heteroatoms. The van der Waals surface area contributed by atoms with Crippen LogP contribution in [0.3, 0.4) is 0 Å². The standard InChI is InChI=1S/C27H22N2O3/c1-19-12-15-23(16-13-19)29-27(31)26(22-7-3-2-4-8-22)32-24(30)17-14-21-10-5-9-20-11-6-18-28-25(20)21/h2-18,26H,1H3,(H,29,31)/b17-14+. The summed E-state index contributed by atoms with van der Waals surface area (Å²) in [5.74, 6) is -1.04. The van der Waals surface area contributed by atoms with Crippen LogP contribution in [0.5, 0.6) is 0 Å². The van der Waals surface area contributed by atoms with Gasteiger partial charge in [0.2, 0.25) is 6.10 Å². The average Bonchev–Trinajstić information content (AvgIpc) is 2.83. The maximum atomic E-state index is 13.0. The molecule has 0 aliphatic rings. The summed E-state index contributed by atoms with van der Waals surface area (Å²) in [5, 5.41) is 3.80. The van der Waals surface area contributed by atoms with Gasteiger partial charge in [0.1, 0.15) is 0 Å². The van der Waals surface area contributed by atoms with E-state index in [0.29, 0.717) is 11.3 Å². The van der Waals surface area contributed by atoms with Gasteiger partial charge >= 0.3 is 5.97 Å². The van der Waals surface area contributed by atoms with Crippen LogP contribution < -0.4 is 5.32 Å². The number of carbonyl (C=O) groups excluding carboxylic acids is 2. The van der Waals surface area contributed by atoms with Crippen LogP contribution in [0.2, 0.25) is 0 Å². The second-order valence-corrected chi connectivity index (χ2v) is 7.34. The van der Waals surface area contributed by atoms with Crippen molar-refractivity contribution in [3.05, 3.63) is 114 Å². The van der Waals surface area contributed by atoms with Gasteiger partial charge in [-0.1, -0.05) is 72.3 Å². The smallest absolute Gasteiger partial charge is 0.331 e. The number of ether oxygens (including phenoxy) is 1. The molecule has 0 saturated carbocycles. The van der Waals surface area contributed by atoms with Crippen LogP contribution in [0, 0.1) is 6.92 Å². The number of aryl methyl sites for hydroxylation is 1. The minimum Gasteiger partial charge on any atom is -0.444 e. The number of fused-ring (bicyclic) bond motifs is 1. The molecule has 158 valence electrons. The fourth-order valence-corrected chi connectivity index (χ4v) is 3.32. The molecule has 0 saturated heterocycles. The second-order valence-electron chi connectivity index (χ2n) is 7.34. The van der Waals surface area contributed by atoms with Gasteiger partial charge < -0.3 is 10.1 Å².